The fraction of sp³-hybridized carbons (Fsp3) is 0.500. The Balaban J connectivity index is 1.66. The summed E-state index contributed by atoms with van der Waals surface area (Å²) >= 11 is 0. The maximum absolute atomic E-state index is 4.19. The van der Waals surface area contributed by atoms with Crippen LogP contribution < -0.4 is 5.32 Å². The van der Waals surface area contributed by atoms with E-state index in [1.165, 1.54) is 5.56 Å². The molecule has 1 aromatic carbocycles. The van der Waals surface area contributed by atoms with Crippen molar-refractivity contribution in [1.29, 1.82) is 0 Å². The third-order valence-corrected chi connectivity index (χ3v) is 3.70. The van der Waals surface area contributed by atoms with E-state index in [-0.39, 0.29) is 0 Å². The molecular formula is C14H19N5. The van der Waals surface area contributed by atoms with Crippen LogP contribution in [0.3, 0.4) is 0 Å². The Labute approximate surface area is 113 Å². The van der Waals surface area contributed by atoms with Gasteiger partial charge in [0.15, 0.2) is 5.82 Å². The van der Waals surface area contributed by atoms with Gasteiger partial charge in [-0.1, -0.05) is 30.3 Å². The molecule has 1 aliphatic rings. The number of tetrazole rings is 1. The lowest BCUT2D eigenvalue weighted by atomic mass is 10.1. The van der Waals surface area contributed by atoms with Gasteiger partial charge >= 0.3 is 0 Å². The van der Waals surface area contributed by atoms with Crippen molar-refractivity contribution in [3.63, 3.8) is 0 Å². The first-order valence-electron chi connectivity index (χ1n) is 6.95. The zero-order valence-electron chi connectivity index (χ0n) is 11.0. The molecule has 0 aliphatic carbocycles. The summed E-state index contributed by atoms with van der Waals surface area (Å²) in [7, 11) is 0. The zero-order chi connectivity index (χ0) is 12.9. The third-order valence-electron chi connectivity index (χ3n) is 3.70. The summed E-state index contributed by atoms with van der Waals surface area (Å²) in [6, 6.07) is 11.0. The molecule has 0 radical (unpaired) electrons. The average Bonchev–Trinajstić information content (AvgIpc) is 2.95. The summed E-state index contributed by atoms with van der Waals surface area (Å²) in [5.41, 5.74) is 1.34. The Morgan fingerprint density at radius 1 is 1.11 bits per heavy atom. The molecule has 1 aliphatic heterocycles. The van der Waals surface area contributed by atoms with Crippen LogP contribution in [0, 0.1) is 0 Å². The first-order chi connectivity index (χ1) is 9.43. The number of nitrogens with zero attached hydrogens (tertiary/aromatic N) is 4. The number of benzene rings is 1. The van der Waals surface area contributed by atoms with Crippen molar-refractivity contribution in [2.24, 2.45) is 0 Å². The first kappa shape index (κ1) is 12.3. The van der Waals surface area contributed by atoms with Crippen molar-refractivity contribution in [2.45, 2.75) is 31.7 Å². The Kier molecular flexibility index (Phi) is 3.83. The molecule has 1 saturated heterocycles. The lowest BCUT2D eigenvalue weighted by Crippen LogP contribution is -2.30. The predicted octanol–water partition coefficient (Wildman–Crippen LogP) is 1.38. The lowest BCUT2D eigenvalue weighted by Gasteiger charge is -2.23. The zero-order valence-corrected chi connectivity index (χ0v) is 11.0. The van der Waals surface area contributed by atoms with Gasteiger partial charge in [-0.05, 0) is 48.3 Å². The number of aryl methyl sites for hydroxylation is 2. The van der Waals surface area contributed by atoms with E-state index < -0.39 is 0 Å². The summed E-state index contributed by atoms with van der Waals surface area (Å²) < 4.78 is 2.03. The van der Waals surface area contributed by atoms with Gasteiger partial charge in [0.05, 0.1) is 6.04 Å². The normalized spacial score (nSPS) is 16.6. The Morgan fingerprint density at radius 3 is 2.68 bits per heavy atom. The highest BCUT2D eigenvalue weighted by atomic mass is 15.5. The van der Waals surface area contributed by atoms with Crippen LogP contribution in [0.4, 0.5) is 0 Å². The standard InChI is InChI=1S/C14H19N5/c1-2-4-12(5-3-1)6-7-14-16-17-18-19(14)13-8-10-15-11-9-13/h1-5,13,15H,6-11H2. The van der Waals surface area contributed by atoms with Gasteiger partial charge in [0, 0.05) is 6.42 Å². The fourth-order valence-corrected chi connectivity index (χ4v) is 2.61. The van der Waals surface area contributed by atoms with Crippen molar-refractivity contribution in [3.05, 3.63) is 41.7 Å². The molecule has 3 rings (SSSR count). The second-order valence-electron chi connectivity index (χ2n) is 5.01. The number of piperidine rings is 1. The molecule has 1 N–H and O–H groups in total. The van der Waals surface area contributed by atoms with E-state index in [0.29, 0.717) is 6.04 Å². The maximum Gasteiger partial charge on any atom is 0.151 e. The van der Waals surface area contributed by atoms with Gasteiger partial charge in [0.1, 0.15) is 0 Å². The van der Waals surface area contributed by atoms with Gasteiger partial charge in [-0.3, -0.25) is 0 Å². The van der Waals surface area contributed by atoms with Crippen LogP contribution in [-0.2, 0) is 12.8 Å². The summed E-state index contributed by atoms with van der Waals surface area (Å²) in [4.78, 5) is 0. The predicted molar refractivity (Wildman–Crippen MR) is 72.8 cm³/mol. The van der Waals surface area contributed by atoms with Gasteiger partial charge < -0.3 is 5.32 Å². The second kappa shape index (κ2) is 5.93. The van der Waals surface area contributed by atoms with Crippen molar-refractivity contribution < 1.29 is 0 Å². The van der Waals surface area contributed by atoms with Crippen molar-refractivity contribution in [1.82, 2.24) is 25.5 Å². The van der Waals surface area contributed by atoms with Crippen LogP contribution in [0.25, 0.3) is 0 Å². The Morgan fingerprint density at radius 2 is 1.89 bits per heavy atom. The van der Waals surface area contributed by atoms with Gasteiger partial charge in [-0.25, -0.2) is 4.68 Å². The highest BCUT2D eigenvalue weighted by Gasteiger charge is 2.19. The summed E-state index contributed by atoms with van der Waals surface area (Å²) in [5, 5.41) is 15.6. The highest BCUT2D eigenvalue weighted by molar-refractivity contribution is 5.15. The number of hydrogen-bond acceptors (Lipinski definition) is 4. The smallest absolute Gasteiger partial charge is 0.151 e. The minimum atomic E-state index is 0.460. The molecule has 2 heterocycles. The molecule has 1 fully saturated rings. The molecule has 1 aromatic heterocycles. The van der Waals surface area contributed by atoms with E-state index in [1.54, 1.807) is 0 Å². The molecule has 0 saturated carbocycles. The molecule has 0 amide bonds. The molecule has 19 heavy (non-hydrogen) atoms. The van der Waals surface area contributed by atoms with Crippen LogP contribution in [0.2, 0.25) is 0 Å². The Hall–Kier alpha value is -1.75. The van der Waals surface area contributed by atoms with E-state index in [9.17, 15) is 0 Å². The minimum Gasteiger partial charge on any atom is -0.317 e. The monoisotopic (exact) mass is 257 g/mol. The van der Waals surface area contributed by atoms with Crippen molar-refractivity contribution in [3.8, 4) is 0 Å². The maximum atomic E-state index is 4.19. The van der Waals surface area contributed by atoms with E-state index in [1.807, 2.05) is 10.7 Å². The van der Waals surface area contributed by atoms with Gasteiger partial charge in [-0.15, -0.1) is 5.10 Å². The quantitative estimate of drug-likeness (QED) is 0.899. The van der Waals surface area contributed by atoms with E-state index in [2.05, 4.69) is 45.1 Å². The molecular weight excluding hydrogens is 238 g/mol. The van der Waals surface area contributed by atoms with Crippen LogP contribution in [-0.4, -0.2) is 33.3 Å². The minimum absolute atomic E-state index is 0.460. The molecule has 0 unspecified atom stereocenters. The molecule has 5 nitrogen and oxygen atoms in total. The Bertz CT molecular complexity index is 502. The molecule has 0 bridgehead atoms. The summed E-state index contributed by atoms with van der Waals surface area (Å²) in [6.07, 6.45) is 4.12. The van der Waals surface area contributed by atoms with Crippen LogP contribution in [0.1, 0.15) is 30.3 Å². The van der Waals surface area contributed by atoms with Crippen LogP contribution >= 0.6 is 0 Å². The van der Waals surface area contributed by atoms with Gasteiger partial charge in [0.25, 0.3) is 0 Å². The number of hydrogen-bond donors (Lipinski definition) is 1. The largest absolute Gasteiger partial charge is 0.317 e. The molecule has 5 heteroatoms. The molecule has 100 valence electrons. The van der Waals surface area contributed by atoms with Crippen LogP contribution in [0.5, 0.6) is 0 Å². The van der Waals surface area contributed by atoms with E-state index in [4.69, 9.17) is 0 Å². The van der Waals surface area contributed by atoms with E-state index in [0.717, 1.165) is 44.6 Å². The SMILES string of the molecule is c1ccc(CCc2nnnn2C2CCNCC2)cc1. The van der Waals surface area contributed by atoms with Crippen molar-refractivity contribution in [2.75, 3.05) is 13.1 Å². The van der Waals surface area contributed by atoms with E-state index >= 15 is 0 Å². The molecule has 2 aromatic rings. The number of nitrogens with one attached hydrogen (secondary N) is 1. The average molecular weight is 257 g/mol. The third kappa shape index (κ3) is 2.98. The lowest BCUT2D eigenvalue weighted by molar-refractivity contribution is 0.329. The fourth-order valence-electron chi connectivity index (χ4n) is 2.61. The van der Waals surface area contributed by atoms with Gasteiger partial charge in [0.2, 0.25) is 0 Å². The summed E-state index contributed by atoms with van der Waals surface area (Å²) in [6.45, 7) is 2.12. The van der Waals surface area contributed by atoms with Crippen LogP contribution in [0.15, 0.2) is 30.3 Å². The van der Waals surface area contributed by atoms with Crippen molar-refractivity contribution >= 4 is 0 Å². The summed E-state index contributed by atoms with van der Waals surface area (Å²) in [5.74, 6) is 1.01. The number of aromatic nitrogens is 4. The second-order valence-corrected chi connectivity index (χ2v) is 5.01. The highest BCUT2D eigenvalue weighted by Crippen LogP contribution is 2.18. The first-order valence-corrected chi connectivity index (χ1v) is 6.95. The topological polar surface area (TPSA) is 55.6 Å². The molecule has 0 spiro atoms. The van der Waals surface area contributed by atoms with Gasteiger partial charge in [-0.2, -0.15) is 0 Å². The molecule has 0 atom stereocenters. The number of rotatable bonds is 4.